The minimum absolute atomic E-state index is 0.0198. The molecule has 0 saturated heterocycles. The molecule has 0 aromatic heterocycles. The SMILES string of the molecule is CCCCCCCCCCCCNC(=O)c1cccc(C[CH]c2ccc([NH+]([O-])O)cc2)c1. The number of hydrogen-bond acceptors (Lipinski definition) is 3. The average molecular weight is 440 g/mol. The van der Waals surface area contributed by atoms with Gasteiger partial charge in [-0.1, -0.05) is 89.0 Å². The molecule has 2 aromatic rings. The van der Waals surface area contributed by atoms with Crippen molar-refractivity contribution < 1.29 is 15.2 Å². The fraction of sp³-hybridized carbons (Fsp3) is 0.481. The molecular formula is C27H39N2O3. The Morgan fingerprint density at radius 2 is 1.56 bits per heavy atom. The number of carbonyl (C=O) groups excluding carboxylic acids is 1. The monoisotopic (exact) mass is 439 g/mol. The van der Waals surface area contributed by atoms with E-state index in [4.69, 9.17) is 5.21 Å². The van der Waals surface area contributed by atoms with Crippen LogP contribution in [0.15, 0.2) is 48.5 Å². The van der Waals surface area contributed by atoms with Crippen LogP contribution in [0, 0.1) is 11.6 Å². The molecule has 0 spiro atoms. The summed E-state index contributed by atoms with van der Waals surface area (Å²) in [5.74, 6) is -0.0198. The van der Waals surface area contributed by atoms with E-state index in [9.17, 15) is 10.0 Å². The normalized spacial score (nSPS) is 12.0. The Bertz CT molecular complexity index is 775. The van der Waals surface area contributed by atoms with Crippen LogP contribution < -0.4 is 10.5 Å². The lowest BCUT2D eigenvalue weighted by molar-refractivity contribution is -0.991. The van der Waals surface area contributed by atoms with Crippen molar-refractivity contribution in [3.05, 3.63) is 76.8 Å². The molecule has 2 rings (SSSR count). The molecule has 0 fully saturated rings. The molecule has 1 atom stereocenters. The van der Waals surface area contributed by atoms with Crippen molar-refractivity contribution in [2.45, 2.75) is 77.6 Å². The van der Waals surface area contributed by atoms with E-state index >= 15 is 0 Å². The summed E-state index contributed by atoms with van der Waals surface area (Å²) in [5, 5.41) is 22.0. The van der Waals surface area contributed by atoms with Crippen molar-refractivity contribution in [1.29, 1.82) is 0 Å². The van der Waals surface area contributed by atoms with Crippen LogP contribution in [0.25, 0.3) is 0 Å². The van der Waals surface area contributed by atoms with Crippen LogP contribution in [0.2, 0.25) is 0 Å². The Morgan fingerprint density at radius 3 is 2.19 bits per heavy atom. The summed E-state index contributed by atoms with van der Waals surface area (Å²) in [5.41, 5.74) is 2.98. The largest absolute Gasteiger partial charge is 0.595 e. The van der Waals surface area contributed by atoms with Crippen LogP contribution in [0.3, 0.4) is 0 Å². The van der Waals surface area contributed by atoms with Gasteiger partial charge in [0.1, 0.15) is 0 Å². The smallest absolute Gasteiger partial charge is 0.251 e. The Labute approximate surface area is 193 Å². The maximum absolute atomic E-state index is 12.5. The van der Waals surface area contributed by atoms with E-state index in [0.717, 1.165) is 24.1 Å². The Kier molecular flexibility index (Phi) is 12.7. The van der Waals surface area contributed by atoms with Crippen LogP contribution in [0.5, 0.6) is 0 Å². The molecule has 3 N–H and O–H groups in total. The third kappa shape index (κ3) is 10.4. The van der Waals surface area contributed by atoms with Crippen molar-refractivity contribution in [2.75, 3.05) is 6.54 Å². The highest BCUT2D eigenvalue weighted by atomic mass is 16.8. The highest BCUT2D eigenvalue weighted by Gasteiger charge is 2.06. The standard InChI is InChI=1S/C27H39N2O3/c1-2-3-4-5-6-7-8-9-10-11-21-28-27(30)25-14-12-13-24(22-25)16-15-23-17-19-26(20-18-23)29(31)32/h12-15,17-20,22,29,31H,2-11,16,21H2,1H3,(H,28,30). The predicted molar refractivity (Wildman–Crippen MR) is 130 cm³/mol. The molecule has 1 radical (unpaired) electrons. The van der Waals surface area contributed by atoms with Gasteiger partial charge in [-0.25, -0.2) is 5.21 Å². The van der Waals surface area contributed by atoms with E-state index in [-0.39, 0.29) is 11.6 Å². The molecule has 32 heavy (non-hydrogen) atoms. The second-order valence-electron chi connectivity index (χ2n) is 8.47. The summed E-state index contributed by atoms with van der Waals surface area (Å²) in [4.78, 5) is 12.5. The summed E-state index contributed by atoms with van der Waals surface area (Å²) in [6, 6.07) is 14.5. The highest BCUT2D eigenvalue weighted by molar-refractivity contribution is 5.94. The molecular weight excluding hydrogens is 400 g/mol. The van der Waals surface area contributed by atoms with Gasteiger partial charge in [-0.05, 0) is 42.5 Å². The summed E-state index contributed by atoms with van der Waals surface area (Å²) >= 11 is 0. The van der Waals surface area contributed by atoms with Crippen LogP contribution in [-0.4, -0.2) is 17.7 Å². The minimum atomic E-state index is -0.923. The molecule has 0 aliphatic rings. The fourth-order valence-electron chi connectivity index (χ4n) is 3.75. The fourth-order valence-corrected chi connectivity index (χ4v) is 3.75. The molecule has 0 bridgehead atoms. The molecule has 0 aliphatic carbocycles. The maximum Gasteiger partial charge on any atom is 0.251 e. The van der Waals surface area contributed by atoms with Gasteiger partial charge in [0, 0.05) is 24.2 Å². The average Bonchev–Trinajstić information content (AvgIpc) is 2.81. The lowest BCUT2D eigenvalue weighted by Gasteiger charge is -2.11. The molecule has 0 heterocycles. The van der Waals surface area contributed by atoms with Crippen molar-refractivity contribution in [3.8, 4) is 0 Å². The first-order valence-electron chi connectivity index (χ1n) is 12.1. The van der Waals surface area contributed by atoms with Gasteiger partial charge in [0.05, 0.1) is 0 Å². The minimum Gasteiger partial charge on any atom is -0.595 e. The Morgan fingerprint density at radius 1 is 0.938 bits per heavy atom. The van der Waals surface area contributed by atoms with E-state index in [2.05, 4.69) is 12.2 Å². The number of quaternary nitrogens is 1. The number of unbranched alkanes of at least 4 members (excludes halogenated alkanes) is 9. The molecule has 5 nitrogen and oxygen atoms in total. The van der Waals surface area contributed by atoms with E-state index in [1.807, 2.05) is 30.7 Å². The van der Waals surface area contributed by atoms with Crippen molar-refractivity contribution in [3.63, 3.8) is 0 Å². The summed E-state index contributed by atoms with van der Waals surface area (Å²) in [7, 11) is 0. The Hall–Kier alpha value is -2.21. The Balaban J connectivity index is 1.62. The van der Waals surface area contributed by atoms with Crippen LogP contribution in [0.4, 0.5) is 5.69 Å². The van der Waals surface area contributed by atoms with Crippen molar-refractivity contribution >= 4 is 11.6 Å². The topological polar surface area (TPSA) is 76.8 Å². The van der Waals surface area contributed by atoms with Gasteiger partial charge in [-0.2, -0.15) is 5.23 Å². The number of amides is 1. The number of benzene rings is 2. The van der Waals surface area contributed by atoms with Crippen molar-refractivity contribution in [2.24, 2.45) is 0 Å². The zero-order chi connectivity index (χ0) is 23.0. The van der Waals surface area contributed by atoms with Gasteiger partial charge < -0.3 is 10.5 Å². The summed E-state index contributed by atoms with van der Waals surface area (Å²) in [6.45, 7) is 2.97. The van der Waals surface area contributed by atoms with Gasteiger partial charge in [0.15, 0.2) is 5.69 Å². The van der Waals surface area contributed by atoms with E-state index in [1.54, 1.807) is 24.3 Å². The number of hydrogen-bond donors (Lipinski definition) is 3. The van der Waals surface area contributed by atoms with Crippen LogP contribution in [0.1, 0.15) is 92.6 Å². The quantitative estimate of drug-likeness (QED) is 0.237. The lowest BCUT2D eigenvalue weighted by atomic mass is 10.0. The molecule has 0 saturated carbocycles. The van der Waals surface area contributed by atoms with E-state index in [0.29, 0.717) is 12.0 Å². The van der Waals surface area contributed by atoms with Crippen LogP contribution >= 0.6 is 0 Å². The van der Waals surface area contributed by atoms with Crippen molar-refractivity contribution in [1.82, 2.24) is 5.32 Å². The highest BCUT2D eigenvalue weighted by Crippen LogP contribution is 2.14. The zero-order valence-corrected chi connectivity index (χ0v) is 19.4. The first-order chi connectivity index (χ1) is 15.6. The van der Waals surface area contributed by atoms with Gasteiger partial charge >= 0.3 is 0 Å². The zero-order valence-electron chi connectivity index (χ0n) is 19.4. The molecule has 175 valence electrons. The van der Waals surface area contributed by atoms with Gasteiger partial charge in [0.2, 0.25) is 0 Å². The lowest BCUT2D eigenvalue weighted by Crippen LogP contribution is -2.99. The van der Waals surface area contributed by atoms with E-state index < -0.39 is 5.23 Å². The molecule has 2 aromatic carbocycles. The second kappa shape index (κ2) is 15.6. The third-order valence-electron chi connectivity index (χ3n) is 5.74. The predicted octanol–water partition coefficient (Wildman–Crippen LogP) is 5.54. The molecule has 5 heteroatoms. The summed E-state index contributed by atoms with van der Waals surface area (Å²) < 4.78 is 0. The van der Waals surface area contributed by atoms with Gasteiger partial charge in [-0.3, -0.25) is 4.79 Å². The van der Waals surface area contributed by atoms with Gasteiger partial charge in [0.25, 0.3) is 5.91 Å². The number of carbonyl (C=O) groups is 1. The molecule has 1 amide bonds. The first-order valence-corrected chi connectivity index (χ1v) is 12.1. The van der Waals surface area contributed by atoms with Crippen LogP contribution in [-0.2, 0) is 6.42 Å². The maximum atomic E-state index is 12.5. The number of rotatable bonds is 16. The van der Waals surface area contributed by atoms with Gasteiger partial charge in [-0.15, -0.1) is 0 Å². The third-order valence-corrected chi connectivity index (χ3v) is 5.74. The number of nitrogens with one attached hydrogen (secondary N) is 2. The summed E-state index contributed by atoms with van der Waals surface area (Å²) in [6.07, 6.45) is 15.6. The first kappa shape index (κ1) is 26.0. The molecule has 1 unspecified atom stereocenters. The molecule has 0 aliphatic heterocycles. The van der Waals surface area contributed by atoms with E-state index in [1.165, 1.54) is 57.8 Å². The second-order valence-corrected chi connectivity index (χ2v) is 8.47.